The third-order valence-corrected chi connectivity index (χ3v) is 3.64. The number of hydrogen-bond donors (Lipinski definition) is 2. The van der Waals surface area contributed by atoms with Gasteiger partial charge in [0.2, 0.25) is 5.95 Å². The molecule has 2 aromatic heterocycles. The van der Waals surface area contributed by atoms with Crippen molar-refractivity contribution in [1.29, 1.82) is 0 Å². The highest BCUT2D eigenvalue weighted by Crippen LogP contribution is 2.21. The van der Waals surface area contributed by atoms with E-state index in [-0.39, 0.29) is 0 Å². The molecule has 1 saturated heterocycles. The molecule has 1 aliphatic rings. The molecule has 3 aromatic rings. The molecule has 1 aliphatic heterocycles. The predicted molar refractivity (Wildman–Crippen MR) is 80.0 cm³/mol. The second-order valence-electron chi connectivity index (χ2n) is 5.01. The summed E-state index contributed by atoms with van der Waals surface area (Å²) in [6.45, 7) is 3.75. The average molecular weight is 281 g/mol. The zero-order valence-electron chi connectivity index (χ0n) is 11.5. The van der Waals surface area contributed by atoms with Crippen molar-refractivity contribution < 1.29 is 0 Å². The second-order valence-corrected chi connectivity index (χ2v) is 5.01. The first-order valence-corrected chi connectivity index (χ1v) is 7.00. The minimum absolute atomic E-state index is 0.705. The van der Waals surface area contributed by atoms with E-state index in [2.05, 4.69) is 35.6 Å². The summed E-state index contributed by atoms with van der Waals surface area (Å²) in [4.78, 5) is 6.77. The van der Waals surface area contributed by atoms with Crippen molar-refractivity contribution in [2.45, 2.75) is 0 Å². The van der Waals surface area contributed by atoms with Crippen LogP contribution in [-0.2, 0) is 0 Å². The Bertz CT molecular complexity index is 747. The van der Waals surface area contributed by atoms with Crippen LogP contribution in [0.4, 0.5) is 5.95 Å². The first-order chi connectivity index (χ1) is 10.4. The highest BCUT2D eigenvalue weighted by molar-refractivity contribution is 5.80. The average Bonchev–Trinajstić information content (AvgIpc) is 3.09. The van der Waals surface area contributed by atoms with Crippen LogP contribution < -0.4 is 10.2 Å². The molecular weight excluding hydrogens is 266 g/mol. The molecule has 3 heterocycles. The number of hydrogen-bond acceptors (Lipinski definition) is 6. The molecule has 0 amide bonds. The third kappa shape index (κ3) is 2.31. The van der Waals surface area contributed by atoms with Crippen molar-refractivity contribution in [2.75, 3.05) is 31.1 Å². The normalized spacial score (nSPS) is 15.5. The molecule has 0 aliphatic carbocycles. The minimum Gasteiger partial charge on any atom is -0.337 e. The lowest BCUT2D eigenvalue weighted by Gasteiger charge is -2.26. The summed E-state index contributed by atoms with van der Waals surface area (Å²) in [5, 5.41) is 18.9. The van der Waals surface area contributed by atoms with Crippen LogP contribution in [0.2, 0.25) is 0 Å². The monoisotopic (exact) mass is 281 g/mol. The van der Waals surface area contributed by atoms with Gasteiger partial charge in [-0.2, -0.15) is 5.10 Å². The molecule has 0 bridgehead atoms. The molecule has 1 aromatic carbocycles. The third-order valence-electron chi connectivity index (χ3n) is 3.64. The largest absolute Gasteiger partial charge is 0.337 e. The molecule has 4 rings (SSSR count). The van der Waals surface area contributed by atoms with E-state index < -0.39 is 0 Å². The number of fused-ring (bicyclic) bond motifs is 1. The molecule has 21 heavy (non-hydrogen) atoms. The van der Waals surface area contributed by atoms with Crippen LogP contribution in [0.3, 0.4) is 0 Å². The molecule has 7 heteroatoms. The van der Waals surface area contributed by atoms with Gasteiger partial charge in [0.25, 0.3) is 0 Å². The standard InChI is InChI=1S/C14H15N7/c1-2-12-13(9-10(1)11-3-4-16-18-11)19-20-14(17-12)21-7-5-15-6-8-21/h1-4,9,15H,5-8H2,(H,16,18). The first kappa shape index (κ1) is 12.2. The van der Waals surface area contributed by atoms with Crippen LogP contribution >= 0.6 is 0 Å². The number of piperazine rings is 1. The SMILES string of the molecule is c1cc(-c2ccc3nc(N4CCNCC4)nnc3c2)n[nH]1. The van der Waals surface area contributed by atoms with Crippen LogP contribution in [0.5, 0.6) is 0 Å². The number of anilines is 1. The Morgan fingerprint density at radius 2 is 1.90 bits per heavy atom. The Hall–Kier alpha value is -2.54. The molecule has 0 saturated carbocycles. The van der Waals surface area contributed by atoms with Crippen LogP contribution in [0.15, 0.2) is 30.5 Å². The Morgan fingerprint density at radius 1 is 1.00 bits per heavy atom. The van der Waals surface area contributed by atoms with Gasteiger partial charge in [0.1, 0.15) is 5.52 Å². The van der Waals surface area contributed by atoms with E-state index in [4.69, 9.17) is 0 Å². The molecule has 0 spiro atoms. The summed E-state index contributed by atoms with van der Waals surface area (Å²) >= 11 is 0. The highest BCUT2D eigenvalue weighted by Gasteiger charge is 2.14. The zero-order valence-corrected chi connectivity index (χ0v) is 11.5. The van der Waals surface area contributed by atoms with E-state index in [0.717, 1.165) is 48.5 Å². The summed E-state index contributed by atoms with van der Waals surface area (Å²) < 4.78 is 0. The summed E-state index contributed by atoms with van der Waals surface area (Å²) in [5.41, 5.74) is 3.55. The van der Waals surface area contributed by atoms with Gasteiger partial charge in [0.05, 0.1) is 11.2 Å². The van der Waals surface area contributed by atoms with Crippen molar-refractivity contribution in [3.63, 3.8) is 0 Å². The van der Waals surface area contributed by atoms with E-state index in [0.29, 0.717) is 5.95 Å². The molecule has 0 unspecified atom stereocenters. The Balaban J connectivity index is 1.70. The fourth-order valence-electron chi connectivity index (χ4n) is 2.51. The lowest BCUT2D eigenvalue weighted by molar-refractivity contribution is 0.578. The summed E-state index contributed by atoms with van der Waals surface area (Å²) in [7, 11) is 0. The summed E-state index contributed by atoms with van der Waals surface area (Å²) in [6.07, 6.45) is 1.80. The maximum absolute atomic E-state index is 4.62. The van der Waals surface area contributed by atoms with Crippen molar-refractivity contribution in [3.05, 3.63) is 30.5 Å². The maximum atomic E-state index is 4.62. The van der Waals surface area contributed by atoms with Gasteiger partial charge in [-0.1, -0.05) is 6.07 Å². The molecule has 2 N–H and O–H groups in total. The van der Waals surface area contributed by atoms with Gasteiger partial charge in [-0.25, -0.2) is 4.98 Å². The lowest BCUT2D eigenvalue weighted by atomic mass is 10.1. The molecule has 0 radical (unpaired) electrons. The summed E-state index contributed by atoms with van der Waals surface area (Å²) in [6, 6.07) is 7.87. The molecule has 7 nitrogen and oxygen atoms in total. The van der Waals surface area contributed by atoms with Gasteiger partial charge < -0.3 is 10.2 Å². The van der Waals surface area contributed by atoms with Gasteiger partial charge in [0.15, 0.2) is 0 Å². The fraction of sp³-hybridized carbons (Fsp3) is 0.286. The van der Waals surface area contributed by atoms with Gasteiger partial charge in [0, 0.05) is 37.9 Å². The number of benzene rings is 1. The topological polar surface area (TPSA) is 82.6 Å². The Kier molecular flexibility index (Phi) is 2.97. The maximum Gasteiger partial charge on any atom is 0.246 e. The van der Waals surface area contributed by atoms with Gasteiger partial charge in [-0.05, 0) is 18.2 Å². The predicted octanol–water partition coefficient (Wildman–Crippen LogP) is 0.824. The smallest absolute Gasteiger partial charge is 0.246 e. The van der Waals surface area contributed by atoms with Gasteiger partial charge in [-0.3, -0.25) is 5.10 Å². The highest BCUT2D eigenvalue weighted by atomic mass is 15.3. The number of rotatable bonds is 2. The van der Waals surface area contributed by atoms with E-state index in [1.54, 1.807) is 6.20 Å². The van der Waals surface area contributed by atoms with Crippen molar-refractivity contribution in [1.82, 2.24) is 30.7 Å². The summed E-state index contributed by atoms with van der Waals surface area (Å²) in [5.74, 6) is 0.705. The van der Waals surface area contributed by atoms with E-state index in [9.17, 15) is 0 Å². The molecule has 106 valence electrons. The van der Waals surface area contributed by atoms with Gasteiger partial charge >= 0.3 is 0 Å². The minimum atomic E-state index is 0.705. The lowest BCUT2D eigenvalue weighted by Crippen LogP contribution is -2.44. The quantitative estimate of drug-likeness (QED) is 0.724. The Morgan fingerprint density at radius 3 is 2.71 bits per heavy atom. The second kappa shape index (κ2) is 5.10. The number of nitrogens with one attached hydrogen (secondary N) is 2. The number of nitrogens with zero attached hydrogens (tertiary/aromatic N) is 5. The van der Waals surface area contributed by atoms with E-state index in [1.165, 1.54) is 0 Å². The first-order valence-electron chi connectivity index (χ1n) is 7.00. The van der Waals surface area contributed by atoms with E-state index >= 15 is 0 Å². The number of aromatic nitrogens is 5. The Labute approximate surface area is 121 Å². The van der Waals surface area contributed by atoms with Crippen LogP contribution in [0.25, 0.3) is 22.3 Å². The van der Waals surface area contributed by atoms with Crippen LogP contribution in [-0.4, -0.2) is 51.6 Å². The molecule has 0 atom stereocenters. The fourth-order valence-corrected chi connectivity index (χ4v) is 2.51. The van der Waals surface area contributed by atoms with E-state index in [1.807, 2.05) is 24.3 Å². The molecule has 1 fully saturated rings. The van der Waals surface area contributed by atoms with Crippen molar-refractivity contribution in [2.24, 2.45) is 0 Å². The van der Waals surface area contributed by atoms with Crippen LogP contribution in [0, 0.1) is 0 Å². The van der Waals surface area contributed by atoms with Crippen LogP contribution in [0.1, 0.15) is 0 Å². The molecular formula is C14H15N7. The van der Waals surface area contributed by atoms with Crippen molar-refractivity contribution >= 4 is 17.0 Å². The number of aromatic amines is 1. The zero-order chi connectivity index (χ0) is 14.1. The van der Waals surface area contributed by atoms with Gasteiger partial charge in [-0.15, -0.1) is 10.2 Å². The van der Waals surface area contributed by atoms with Crippen molar-refractivity contribution in [3.8, 4) is 11.3 Å². The number of H-pyrrole nitrogens is 1.